The predicted octanol–water partition coefficient (Wildman–Crippen LogP) is 7.45. The summed E-state index contributed by atoms with van der Waals surface area (Å²) in [5, 5.41) is 14.2. The third kappa shape index (κ3) is 6.18. The van der Waals surface area contributed by atoms with E-state index in [9.17, 15) is 5.11 Å². The van der Waals surface area contributed by atoms with E-state index in [2.05, 4.69) is 64.7 Å². The molecule has 36 heavy (non-hydrogen) atoms. The van der Waals surface area contributed by atoms with Crippen LogP contribution in [0.2, 0.25) is 19.6 Å². The molecule has 0 aliphatic carbocycles. The van der Waals surface area contributed by atoms with Gasteiger partial charge in [0.15, 0.2) is 0 Å². The van der Waals surface area contributed by atoms with Gasteiger partial charge in [0.1, 0.15) is 28.7 Å². The molecular formula is C31H35O3PSi. The van der Waals surface area contributed by atoms with Crippen LogP contribution in [-0.4, -0.2) is 13.2 Å². The molecule has 1 unspecified atom stereocenters. The van der Waals surface area contributed by atoms with Crippen molar-refractivity contribution in [3.8, 4) is 28.7 Å². The number of aromatic hydroxyl groups is 1. The lowest BCUT2D eigenvalue weighted by molar-refractivity contribution is 0.461. The van der Waals surface area contributed by atoms with Crippen molar-refractivity contribution in [3.05, 3.63) is 96.6 Å². The molecule has 1 N–H and O–H groups in total. The summed E-state index contributed by atoms with van der Waals surface area (Å²) in [6.07, 6.45) is 0. The van der Waals surface area contributed by atoms with Crippen molar-refractivity contribution in [2.24, 2.45) is 0 Å². The van der Waals surface area contributed by atoms with E-state index in [1.54, 1.807) is 0 Å². The number of ether oxygens (including phenoxy) is 2. The zero-order chi connectivity index (χ0) is 25.9. The molecular weight excluding hydrogens is 479 g/mol. The zero-order valence-corrected chi connectivity index (χ0v) is 23.9. The van der Waals surface area contributed by atoms with Gasteiger partial charge in [0.05, 0.1) is 13.4 Å². The van der Waals surface area contributed by atoms with E-state index in [1.165, 1.54) is 0 Å². The van der Waals surface area contributed by atoms with Gasteiger partial charge < -0.3 is 14.6 Å². The fourth-order valence-corrected chi connectivity index (χ4v) is 6.68. The molecule has 0 saturated heterocycles. The molecule has 5 heteroatoms. The van der Waals surface area contributed by atoms with E-state index < -0.39 is 8.07 Å². The van der Waals surface area contributed by atoms with Gasteiger partial charge in [-0.1, -0.05) is 95.0 Å². The first-order valence-electron chi connectivity index (χ1n) is 12.3. The number of benzene rings is 4. The molecule has 0 aliphatic rings. The lowest BCUT2D eigenvalue weighted by Gasteiger charge is -2.25. The van der Waals surface area contributed by atoms with E-state index in [0.717, 1.165) is 44.4 Å². The first-order valence-corrected chi connectivity index (χ1v) is 16.8. The van der Waals surface area contributed by atoms with Gasteiger partial charge in [0, 0.05) is 5.30 Å². The highest BCUT2D eigenvalue weighted by atomic mass is 31.1. The van der Waals surface area contributed by atoms with Crippen LogP contribution in [0.1, 0.15) is 26.3 Å². The normalized spacial score (nSPS) is 12.2. The second-order valence-electron chi connectivity index (χ2n) is 11.0. The van der Waals surface area contributed by atoms with Crippen LogP contribution >= 0.6 is 8.58 Å². The van der Waals surface area contributed by atoms with Crippen LogP contribution in [0.5, 0.6) is 28.7 Å². The van der Waals surface area contributed by atoms with Crippen molar-refractivity contribution in [2.45, 2.75) is 45.8 Å². The lowest BCUT2D eigenvalue weighted by atomic mass is 9.87. The average molecular weight is 515 g/mol. The van der Waals surface area contributed by atoms with E-state index in [4.69, 9.17) is 9.47 Å². The minimum Gasteiger partial charge on any atom is -0.507 e. The average Bonchev–Trinajstić information content (AvgIpc) is 2.82. The van der Waals surface area contributed by atoms with Gasteiger partial charge in [-0.05, 0) is 61.1 Å². The molecule has 1 atom stereocenters. The molecule has 0 aromatic heterocycles. The topological polar surface area (TPSA) is 38.7 Å². The van der Waals surface area contributed by atoms with Crippen LogP contribution in [0.15, 0.2) is 91.0 Å². The Labute approximate surface area is 217 Å². The van der Waals surface area contributed by atoms with Crippen molar-refractivity contribution < 1.29 is 14.6 Å². The number of phenols is 1. The minimum absolute atomic E-state index is 0.106. The smallest absolute Gasteiger partial charge is 0.139 e. The van der Waals surface area contributed by atoms with E-state index in [1.807, 2.05) is 66.7 Å². The van der Waals surface area contributed by atoms with Crippen LogP contribution in [-0.2, 0) is 5.41 Å². The summed E-state index contributed by atoms with van der Waals surface area (Å²) in [7, 11) is -1.56. The van der Waals surface area contributed by atoms with Crippen LogP contribution in [0, 0.1) is 0 Å². The quantitative estimate of drug-likeness (QED) is 0.206. The molecule has 0 aliphatic heterocycles. The Bertz CT molecular complexity index is 1260. The maximum atomic E-state index is 11.3. The van der Waals surface area contributed by atoms with Crippen molar-refractivity contribution in [1.82, 2.24) is 0 Å². The lowest BCUT2D eigenvalue weighted by Crippen LogP contribution is -2.39. The highest BCUT2D eigenvalue weighted by molar-refractivity contribution is 7.56. The first kappa shape index (κ1) is 26.0. The molecule has 0 amide bonds. The first-order chi connectivity index (χ1) is 17.0. The van der Waals surface area contributed by atoms with Gasteiger partial charge in [-0.25, -0.2) is 0 Å². The largest absolute Gasteiger partial charge is 0.507 e. The minimum atomic E-state index is -1.72. The molecule has 0 fully saturated rings. The molecule has 0 spiro atoms. The maximum absolute atomic E-state index is 11.3. The Kier molecular flexibility index (Phi) is 7.58. The van der Waals surface area contributed by atoms with Gasteiger partial charge in [-0.3, -0.25) is 0 Å². The van der Waals surface area contributed by atoms with Gasteiger partial charge in [0.2, 0.25) is 0 Å². The van der Waals surface area contributed by atoms with Crippen LogP contribution in [0.25, 0.3) is 0 Å². The predicted molar refractivity (Wildman–Crippen MR) is 157 cm³/mol. The number of rotatable bonds is 7. The van der Waals surface area contributed by atoms with E-state index in [-0.39, 0.29) is 14.0 Å². The molecule has 0 radical (unpaired) electrons. The van der Waals surface area contributed by atoms with E-state index >= 15 is 0 Å². The van der Waals surface area contributed by atoms with Crippen LogP contribution in [0.4, 0.5) is 0 Å². The Morgan fingerprint density at radius 1 is 0.694 bits per heavy atom. The van der Waals surface area contributed by atoms with Gasteiger partial charge in [-0.15, -0.1) is 0 Å². The molecule has 4 rings (SSSR count). The van der Waals surface area contributed by atoms with Gasteiger partial charge in [-0.2, -0.15) is 0 Å². The maximum Gasteiger partial charge on any atom is 0.139 e. The van der Waals surface area contributed by atoms with Crippen molar-refractivity contribution >= 4 is 32.5 Å². The third-order valence-corrected chi connectivity index (χ3v) is 9.41. The number of hydrogen-bond acceptors (Lipinski definition) is 3. The van der Waals surface area contributed by atoms with Crippen molar-refractivity contribution in [3.63, 3.8) is 0 Å². The van der Waals surface area contributed by atoms with E-state index in [0.29, 0.717) is 5.75 Å². The fraction of sp³-hybridized carbons (Fsp3) is 0.226. The standard InChI is InChI=1S/C31H35O3PSi/c1-31(2,3)22-20-25(33-23-14-9-7-10-15-23)30(26(21-22)34-24-16-11-8-12-17-24)35-27-18-13-19-28(29(27)32)36(4,5)6/h7-21,32,35H,1-6H3. The summed E-state index contributed by atoms with van der Waals surface area (Å²) in [5.41, 5.74) is 1.01. The van der Waals surface area contributed by atoms with Crippen LogP contribution < -0.4 is 25.3 Å². The van der Waals surface area contributed by atoms with Crippen molar-refractivity contribution in [1.29, 1.82) is 0 Å². The molecule has 0 saturated carbocycles. The highest BCUT2D eigenvalue weighted by Gasteiger charge is 2.25. The Morgan fingerprint density at radius 3 is 1.64 bits per heavy atom. The molecule has 0 heterocycles. The Balaban J connectivity index is 1.90. The summed E-state index contributed by atoms with van der Waals surface area (Å²) in [5.74, 6) is 3.42. The number of hydrogen-bond donors (Lipinski definition) is 1. The number of para-hydroxylation sites is 3. The Hall–Kier alpha value is -3.07. The summed E-state index contributed by atoms with van der Waals surface area (Å²) in [6, 6.07) is 30.0. The Morgan fingerprint density at radius 2 is 1.19 bits per heavy atom. The van der Waals surface area contributed by atoms with Gasteiger partial charge in [0.25, 0.3) is 0 Å². The molecule has 4 aromatic carbocycles. The number of phenolic OH excluding ortho intramolecular Hbond substituents is 1. The molecule has 3 nitrogen and oxygen atoms in total. The summed E-state index contributed by atoms with van der Waals surface area (Å²) >= 11 is 0. The SMILES string of the molecule is CC(C)(C)c1cc(Oc2ccccc2)c(Pc2cccc([Si](C)(C)C)c2O)c(Oc2ccccc2)c1. The molecule has 4 aromatic rings. The monoisotopic (exact) mass is 514 g/mol. The van der Waals surface area contributed by atoms with Crippen LogP contribution in [0.3, 0.4) is 0 Å². The second kappa shape index (κ2) is 10.5. The highest BCUT2D eigenvalue weighted by Crippen LogP contribution is 2.38. The zero-order valence-electron chi connectivity index (χ0n) is 21.9. The molecule has 0 bridgehead atoms. The summed E-state index contributed by atoms with van der Waals surface area (Å²) in [4.78, 5) is 0. The summed E-state index contributed by atoms with van der Waals surface area (Å²) in [6.45, 7) is 13.3. The summed E-state index contributed by atoms with van der Waals surface area (Å²) < 4.78 is 13.0. The van der Waals surface area contributed by atoms with Gasteiger partial charge >= 0.3 is 0 Å². The molecule has 186 valence electrons. The third-order valence-electron chi connectivity index (χ3n) is 5.98. The fourth-order valence-electron chi connectivity index (χ4n) is 3.92. The van der Waals surface area contributed by atoms with Crippen molar-refractivity contribution in [2.75, 3.05) is 0 Å². The second-order valence-corrected chi connectivity index (χ2v) is 17.3.